The first-order valence-electron chi connectivity index (χ1n) is 7.81. The summed E-state index contributed by atoms with van der Waals surface area (Å²) < 4.78 is 5.14. The molecule has 2 aliphatic heterocycles. The van der Waals surface area contributed by atoms with E-state index in [2.05, 4.69) is 9.80 Å². The van der Waals surface area contributed by atoms with Crippen molar-refractivity contribution >= 4 is 5.91 Å². The van der Waals surface area contributed by atoms with Crippen LogP contribution in [0.2, 0.25) is 0 Å². The summed E-state index contributed by atoms with van der Waals surface area (Å²) in [6, 6.07) is 0. The van der Waals surface area contributed by atoms with E-state index in [9.17, 15) is 4.79 Å². The molecular formula is C15H28N2O2. The van der Waals surface area contributed by atoms with Crippen molar-refractivity contribution in [2.24, 2.45) is 5.92 Å². The normalized spacial score (nSPS) is 26.2. The first-order chi connectivity index (χ1) is 9.31. The maximum atomic E-state index is 12.6. The molecule has 1 amide bonds. The van der Waals surface area contributed by atoms with Gasteiger partial charge in [0.05, 0.1) is 12.5 Å². The van der Waals surface area contributed by atoms with Crippen LogP contribution in [0.3, 0.4) is 0 Å². The predicted octanol–water partition coefficient (Wildman–Crippen LogP) is 1.75. The van der Waals surface area contributed by atoms with Gasteiger partial charge in [0, 0.05) is 33.3 Å². The third-order valence-corrected chi connectivity index (χ3v) is 4.38. The Hall–Kier alpha value is -0.610. The lowest BCUT2D eigenvalue weighted by atomic mass is 9.96. The van der Waals surface area contributed by atoms with Crippen LogP contribution in [0.25, 0.3) is 0 Å². The van der Waals surface area contributed by atoms with E-state index in [0.717, 1.165) is 52.2 Å². The third kappa shape index (κ3) is 4.46. The van der Waals surface area contributed by atoms with Crippen molar-refractivity contribution in [3.05, 3.63) is 0 Å². The maximum Gasteiger partial charge on any atom is 0.226 e. The Balaban J connectivity index is 1.83. The first-order valence-corrected chi connectivity index (χ1v) is 7.81. The predicted molar refractivity (Wildman–Crippen MR) is 76.1 cm³/mol. The maximum absolute atomic E-state index is 12.6. The van der Waals surface area contributed by atoms with E-state index < -0.39 is 0 Å². The van der Waals surface area contributed by atoms with Crippen molar-refractivity contribution < 1.29 is 9.53 Å². The number of hydrogen-bond acceptors (Lipinski definition) is 3. The highest BCUT2D eigenvalue weighted by molar-refractivity contribution is 5.79. The Kier molecular flexibility index (Phi) is 6.11. The van der Waals surface area contributed by atoms with Gasteiger partial charge in [-0.15, -0.1) is 0 Å². The van der Waals surface area contributed by atoms with Gasteiger partial charge in [0.1, 0.15) is 0 Å². The third-order valence-electron chi connectivity index (χ3n) is 4.38. The molecular weight excluding hydrogens is 240 g/mol. The molecule has 0 spiro atoms. The molecule has 2 aliphatic rings. The van der Waals surface area contributed by atoms with Crippen molar-refractivity contribution in [3.8, 4) is 0 Å². The number of carbonyl (C=O) groups is 1. The van der Waals surface area contributed by atoms with E-state index in [0.29, 0.717) is 5.91 Å². The molecule has 4 nitrogen and oxygen atoms in total. The molecule has 0 bridgehead atoms. The van der Waals surface area contributed by atoms with Crippen LogP contribution >= 0.6 is 0 Å². The molecule has 0 N–H and O–H groups in total. The van der Waals surface area contributed by atoms with Crippen molar-refractivity contribution in [2.45, 2.75) is 38.5 Å². The van der Waals surface area contributed by atoms with E-state index in [1.807, 2.05) is 0 Å². The Morgan fingerprint density at radius 3 is 2.53 bits per heavy atom. The molecule has 4 heteroatoms. The lowest BCUT2D eigenvalue weighted by molar-refractivity contribution is -0.137. The summed E-state index contributed by atoms with van der Waals surface area (Å²) in [6.07, 6.45) is 7.16. The minimum Gasteiger partial charge on any atom is -0.383 e. The molecule has 0 radical (unpaired) electrons. The summed E-state index contributed by atoms with van der Waals surface area (Å²) in [5, 5.41) is 0. The number of amides is 1. The van der Waals surface area contributed by atoms with E-state index >= 15 is 0 Å². The summed E-state index contributed by atoms with van der Waals surface area (Å²) >= 11 is 0. The standard InChI is InChI=1S/C15H28N2O2/c1-19-12-11-16-8-6-7-14(13-16)15(18)17-9-4-2-3-5-10-17/h14H,2-13H2,1H3/t14-/m1/s1. The molecule has 0 aliphatic carbocycles. The molecule has 2 fully saturated rings. The fourth-order valence-electron chi connectivity index (χ4n) is 3.23. The van der Waals surface area contributed by atoms with Gasteiger partial charge in [0.25, 0.3) is 0 Å². The smallest absolute Gasteiger partial charge is 0.226 e. The summed E-state index contributed by atoms with van der Waals surface area (Å²) in [4.78, 5) is 17.1. The second kappa shape index (κ2) is 7.85. The fourth-order valence-corrected chi connectivity index (χ4v) is 3.23. The monoisotopic (exact) mass is 268 g/mol. The summed E-state index contributed by atoms with van der Waals surface area (Å²) in [5.74, 6) is 0.632. The molecule has 0 aromatic heterocycles. The van der Waals surface area contributed by atoms with E-state index in [1.165, 1.54) is 25.7 Å². The second-order valence-electron chi connectivity index (χ2n) is 5.87. The van der Waals surface area contributed by atoms with Crippen LogP contribution in [0, 0.1) is 5.92 Å². The van der Waals surface area contributed by atoms with Crippen LogP contribution in [0.4, 0.5) is 0 Å². The summed E-state index contributed by atoms with van der Waals surface area (Å²) in [7, 11) is 1.74. The van der Waals surface area contributed by atoms with Crippen LogP contribution in [0.1, 0.15) is 38.5 Å². The van der Waals surface area contributed by atoms with Crippen LogP contribution in [0.5, 0.6) is 0 Å². The zero-order chi connectivity index (χ0) is 13.5. The quantitative estimate of drug-likeness (QED) is 0.779. The number of carbonyl (C=O) groups excluding carboxylic acids is 1. The highest BCUT2D eigenvalue weighted by atomic mass is 16.5. The van der Waals surface area contributed by atoms with Gasteiger partial charge in [-0.1, -0.05) is 12.8 Å². The molecule has 2 rings (SSSR count). The van der Waals surface area contributed by atoms with Gasteiger partial charge in [0.15, 0.2) is 0 Å². The molecule has 0 aromatic rings. The number of piperidine rings is 1. The highest BCUT2D eigenvalue weighted by Crippen LogP contribution is 2.20. The fraction of sp³-hybridized carbons (Fsp3) is 0.933. The summed E-state index contributed by atoms with van der Waals surface area (Å²) in [5.41, 5.74) is 0. The van der Waals surface area contributed by atoms with Crippen molar-refractivity contribution in [1.29, 1.82) is 0 Å². The first kappa shape index (κ1) is 14.8. The topological polar surface area (TPSA) is 32.8 Å². The van der Waals surface area contributed by atoms with Crippen LogP contribution in [-0.4, -0.2) is 62.1 Å². The van der Waals surface area contributed by atoms with Crippen molar-refractivity contribution in [1.82, 2.24) is 9.80 Å². The van der Waals surface area contributed by atoms with Crippen LogP contribution in [-0.2, 0) is 9.53 Å². The SMILES string of the molecule is COCCN1CCC[C@@H](C(=O)N2CCCCCC2)C1. The Morgan fingerprint density at radius 1 is 1.11 bits per heavy atom. The van der Waals surface area contributed by atoms with Crippen LogP contribution in [0.15, 0.2) is 0 Å². The van der Waals surface area contributed by atoms with Crippen molar-refractivity contribution in [3.63, 3.8) is 0 Å². The number of rotatable bonds is 4. The highest BCUT2D eigenvalue weighted by Gasteiger charge is 2.29. The average molecular weight is 268 g/mol. The number of nitrogens with zero attached hydrogens (tertiary/aromatic N) is 2. The van der Waals surface area contributed by atoms with E-state index in [1.54, 1.807) is 7.11 Å². The van der Waals surface area contributed by atoms with Gasteiger partial charge in [-0.05, 0) is 32.2 Å². The van der Waals surface area contributed by atoms with E-state index in [4.69, 9.17) is 4.74 Å². The Bertz CT molecular complexity index is 275. The van der Waals surface area contributed by atoms with Crippen LogP contribution < -0.4 is 0 Å². The molecule has 19 heavy (non-hydrogen) atoms. The van der Waals surface area contributed by atoms with Crippen molar-refractivity contribution in [2.75, 3.05) is 46.4 Å². The van der Waals surface area contributed by atoms with Gasteiger partial charge in [0.2, 0.25) is 5.91 Å². The minimum absolute atomic E-state index is 0.226. The largest absolute Gasteiger partial charge is 0.383 e. The van der Waals surface area contributed by atoms with Gasteiger partial charge in [-0.2, -0.15) is 0 Å². The lowest BCUT2D eigenvalue weighted by Crippen LogP contribution is -2.45. The zero-order valence-corrected chi connectivity index (χ0v) is 12.3. The molecule has 0 saturated carbocycles. The molecule has 1 atom stereocenters. The van der Waals surface area contributed by atoms with Gasteiger partial charge >= 0.3 is 0 Å². The zero-order valence-electron chi connectivity index (χ0n) is 12.3. The Morgan fingerprint density at radius 2 is 1.84 bits per heavy atom. The van der Waals surface area contributed by atoms with E-state index in [-0.39, 0.29) is 5.92 Å². The lowest BCUT2D eigenvalue weighted by Gasteiger charge is -2.34. The number of methoxy groups -OCH3 is 1. The average Bonchev–Trinajstić information content (AvgIpc) is 2.73. The second-order valence-corrected chi connectivity index (χ2v) is 5.87. The van der Waals surface area contributed by atoms with Gasteiger partial charge in [-0.25, -0.2) is 0 Å². The number of likely N-dealkylation sites (tertiary alicyclic amines) is 2. The molecule has 0 aromatic carbocycles. The minimum atomic E-state index is 0.226. The van der Waals surface area contributed by atoms with Gasteiger partial charge in [-0.3, -0.25) is 4.79 Å². The molecule has 2 saturated heterocycles. The molecule has 0 unspecified atom stereocenters. The van der Waals surface area contributed by atoms with Gasteiger partial charge < -0.3 is 14.5 Å². The molecule has 110 valence electrons. The number of ether oxygens (including phenoxy) is 1. The Labute approximate surface area is 117 Å². The summed E-state index contributed by atoms with van der Waals surface area (Å²) in [6.45, 7) is 5.73. The molecule has 2 heterocycles. The number of hydrogen-bond donors (Lipinski definition) is 0.